The highest BCUT2D eigenvalue weighted by Crippen LogP contribution is 2.29. The molecule has 1 aliphatic rings. The van der Waals surface area contributed by atoms with Crippen LogP contribution in [0.15, 0.2) is 48.8 Å². The smallest absolute Gasteiger partial charge is 0.306 e. The molecule has 8 nitrogen and oxygen atoms in total. The lowest BCUT2D eigenvalue weighted by Crippen LogP contribution is -2.42. The molecule has 1 aliphatic heterocycles. The molecule has 0 saturated heterocycles. The van der Waals surface area contributed by atoms with E-state index in [1.807, 2.05) is 35.9 Å². The van der Waals surface area contributed by atoms with Gasteiger partial charge in [-0.05, 0) is 30.7 Å². The van der Waals surface area contributed by atoms with Crippen molar-refractivity contribution < 1.29 is 19.1 Å². The van der Waals surface area contributed by atoms with Gasteiger partial charge in [-0.2, -0.15) is 0 Å². The molecule has 2 amide bonds. The Morgan fingerprint density at radius 1 is 1.17 bits per heavy atom. The van der Waals surface area contributed by atoms with Crippen molar-refractivity contribution in [3.8, 4) is 0 Å². The lowest BCUT2D eigenvalue weighted by molar-refractivity contribution is -0.146. The van der Waals surface area contributed by atoms with Gasteiger partial charge >= 0.3 is 5.97 Å². The number of pyridine rings is 1. The molecule has 1 N–H and O–H groups in total. The third-order valence-corrected chi connectivity index (χ3v) is 4.72. The molecule has 0 atom stereocenters. The van der Waals surface area contributed by atoms with Gasteiger partial charge in [0.15, 0.2) is 0 Å². The van der Waals surface area contributed by atoms with E-state index in [9.17, 15) is 14.4 Å². The van der Waals surface area contributed by atoms with Crippen LogP contribution in [0.5, 0.6) is 0 Å². The van der Waals surface area contributed by atoms with Gasteiger partial charge < -0.3 is 19.4 Å². The predicted molar refractivity (Wildman–Crippen MR) is 106 cm³/mol. The zero-order chi connectivity index (χ0) is 20.4. The summed E-state index contributed by atoms with van der Waals surface area (Å²) in [6.07, 6.45) is 3.59. The minimum Gasteiger partial charge on any atom is -0.459 e. The first kappa shape index (κ1) is 18.7. The van der Waals surface area contributed by atoms with E-state index in [0.717, 1.165) is 11.2 Å². The molecule has 8 heteroatoms. The van der Waals surface area contributed by atoms with Crippen molar-refractivity contribution in [1.29, 1.82) is 0 Å². The van der Waals surface area contributed by atoms with E-state index in [1.54, 1.807) is 24.3 Å². The van der Waals surface area contributed by atoms with Gasteiger partial charge in [-0.3, -0.25) is 14.4 Å². The highest BCUT2D eigenvalue weighted by atomic mass is 16.5. The highest BCUT2D eigenvalue weighted by molar-refractivity contribution is 6.10. The molecular formula is C21H20N4O4. The molecule has 4 rings (SSSR count). The van der Waals surface area contributed by atoms with E-state index in [1.165, 1.54) is 4.90 Å². The number of nitrogens with one attached hydrogen (secondary N) is 1. The standard InChI is InChI=1S/C21H20N4O4/c1-14-5-4-10-24-11-15(22-21(14)24)13-29-20(28)9-8-19(27)25-12-18(26)23-16-6-2-3-7-17(16)25/h2-7,10-11H,8-9,12-13H2,1H3,(H,23,26). The number of carbonyl (C=O) groups is 3. The first-order chi connectivity index (χ1) is 14.0. The van der Waals surface area contributed by atoms with Gasteiger partial charge in [-0.15, -0.1) is 0 Å². The second-order valence-corrected chi connectivity index (χ2v) is 6.86. The first-order valence-corrected chi connectivity index (χ1v) is 9.29. The average molecular weight is 392 g/mol. The quantitative estimate of drug-likeness (QED) is 0.674. The number of aromatic nitrogens is 2. The Labute approximate surface area is 167 Å². The summed E-state index contributed by atoms with van der Waals surface area (Å²) in [5, 5.41) is 2.73. The van der Waals surface area contributed by atoms with Crippen molar-refractivity contribution in [2.24, 2.45) is 0 Å². The fraction of sp³-hybridized carbons (Fsp3) is 0.238. The summed E-state index contributed by atoms with van der Waals surface area (Å²) in [4.78, 5) is 42.3. The first-order valence-electron chi connectivity index (χ1n) is 9.29. The maximum Gasteiger partial charge on any atom is 0.306 e. The van der Waals surface area contributed by atoms with Gasteiger partial charge in [0.1, 0.15) is 18.8 Å². The van der Waals surface area contributed by atoms with Crippen LogP contribution in [0.3, 0.4) is 0 Å². The molecule has 0 radical (unpaired) electrons. The summed E-state index contributed by atoms with van der Waals surface area (Å²) >= 11 is 0. The number of fused-ring (bicyclic) bond motifs is 2. The Morgan fingerprint density at radius 3 is 2.83 bits per heavy atom. The highest BCUT2D eigenvalue weighted by Gasteiger charge is 2.26. The molecule has 0 unspecified atom stereocenters. The van der Waals surface area contributed by atoms with Gasteiger partial charge in [0, 0.05) is 18.8 Å². The number of ether oxygens (including phenoxy) is 1. The summed E-state index contributed by atoms with van der Waals surface area (Å²) in [7, 11) is 0. The number of amides is 2. The number of rotatable bonds is 5. The van der Waals surface area contributed by atoms with Crippen LogP contribution in [0, 0.1) is 6.92 Å². The van der Waals surface area contributed by atoms with E-state index < -0.39 is 5.97 Å². The predicted octanol–water partition coefficient (Wildman–Crippen LogP) is 2.45. The molecule has 0 bridgehead atoms. The number of para-hydroxylation sites is 2. The molecule has 148 valence electrons. The minimum atomic E-state index is -0.484. The molecule has 3 aromatic rings. The number of benzene rings is 1. The van der Waals surface area contributed by atoms with Crippen LogP contribution >= 0.6 is 0 Å². The van der Waals surface area contributed by atoms with Crippen molar-refractivity contribution in [2.45, 2.75) is 26.4 Å². The summed E-state index contributed by atoms with van der Waals surface area (Å²) in [6, 6.07) is 11.0. The van der Waals surface area contributed by atoms with Gasteiger partial charge in [0.2, 0.25) is 11.8 Å². The van der Waals surface area contributed by atoms with Crippen molar-refractivity contribution in [2.75, 3.05) is 16.8 Å². The van der Waals surface area contributed by atoms with Crippen molar-refractivity contribution in [3.63, 3.8) is 0 Å². The number of nitrogens with zero attached hydrogens (tertiary/aromatic N) is 3. The van der Waals surface area contributed by atoms with E-state index in [0.29, 0.717) is 17.1 Å². The van der Waals surface area contributed by atoms with Gasteiger partial charge in [-0.1, -0.05) is 18.2 Å². The van der Waals surface area contributed by atoms with E-state index in [4.69, 9.17) is 4.74 Å². The fourth-order valence-corrected chi connectivity index (χ4v) is 3.30. The summed E-state index contributed by atoms with van der Waals surface area (Å²) < 4.78 is 7.14. The molecule has 3 heterocycles. The molecule has 0 fully saturated rings. The van der Waals surface area contributed by atoms with Crippen molar-refractivity contribution >= 4 is 34.8 Å². The maximum absolute atomic E-state index is 12.6. The van der Waals surface area contributed by atoms with Gasteiger partial charge in [0.05, 0.1) is 23.5 Å². The Hall–Kier alpha value is -3.68. The minimum absolute atomic E-state index is 0.0370. The second kappa shape index (κ2) is 7.75. The molecule has 1 aromatic carbocycles. The van der Waals surface area contributed by atoms with Crippen molar-refractivity contribution in [1.82, 2.24) is 9.38 Å². The molecule has 0 aliphatic carbocycles. The Morgan fingerprint density at radius 2 is 2.00 bits per heavy atom. The zero-order valence-electron chi connectivity index (χ0n) is 15.9. The van der Waals surface area contributed by atoms with E-state index in [2.05, 4.69) is 10.3 Å². The van der Waals surface area contributed by atoms with Crippen LogP contribution in [0.25, 0.3) is 5.65 Å². The number of hydrogen-bond donors (Lipinski definition) is 1. The van der Waals surface area contributed by atoms with Crippen LogP contribution in [0.2, 0.25) is 0 Å². The number of aryl methyl sites for hydroxylation is 1. The average Bonchev–Trinajstić information content (AvgIpc) is 3.14. The fourth-order valence-electron chi connectivity index (χ4n) is 3.30. The topological polar surface area (TPSA) is 93.0 Å². The SMILES string of the molecule is Cc1cccn2cc(COC(=O)CCC(=O)N3CC(=O)Nc4ccccc43)nc12. The normalized spacial score (nSPS) is 13.1. The molecule has 0 saturated carbocycles. The second-order valence-electron chi connectivity index (χ2n) is 6.86. The van der Waals surface area contributed by atoms with Crippen molar-refractivity contribution in [3.05, 3.63) is 60.0 Å². The van der Waals surface area contributed by atoms with Gasteiger partial charge in [0.25, 0.3) is 0 Å². The number of esters is 1. The molecule has 0 spiro atoms. The number of carbonyl (C=O) groups excluding carboxylic acids is 3. The largest absolute Gasteiger partial charge is 0.459 e. The molecule has 2 aromatic heterocycles. The summed E-state index contributed by atoms with van der Waals surface area (Å²) in [5.41, 5.74) is 3.70. The third kappa shape index (κ3) is 3.96. The van der Waals surface area contributed by atoms with Gasteiger partial charge in [-0.25, -0.2) is 4.98 Å². The molecular weight excluding hydrogens is 372 g/mol. The van der Waals surface area contributed by atoms with Crippen LogP contribution in [0.1, 0.15) is 24.1 Å². The molecule has 29 heavy (non-hydrogen) atoms. The summed E-state index contributed by atoms with van der Waals surface area (Å²) in [6.45, 7) is 1.94. The number of hydrogen-bond acceptors (Lipinski definition) is 5. The Balaban J connectivity index is 1.33. The third-order valence-electron chi connectivity index (χ3n) is 4.72. The number of imidazole rings is 1. The maximum atomic E-state index is 12.6. The van der Waals surface area contributed by atoms with Crippen LogP contribution in [-0.4, -0.2) is 33.7 Å². The van der Waals surface area contributed by atoms with Crippen LogP contribution in [0.4, 0.5) is 11.4 Å². The Kier molecular flexibility index (Phi) is 4.99. The van der Waals surface area contributed by atoms with Crippen LogP contribution in [-0.2, 0) is 25.7 Å². The monoisotopic (exact) mass is 392 g/mol. The lowest BCUT2D eigenvalue weighted by Gasteiger charge is -2.29. The van der Waals surface area contributed by atoms with E-state index >= 15 is 0 Å². The summed E-state index contributed by atoms with van der Waals surface area (Å²) in [5.74, 6) is -1.05. The number of anilines is 2. The lowest BCUT2D eigenvalue weighted by atomic mass is 10.1. The van der Waals surface area contributed by atoms with E-state index in [-0.39, 0.29) is 37.8 Å². The zero-order valence-corrected chi connectivity index (χ0v) is 15.9. The van der Waals surface area contributed by atoms with Crippen LogP contribution < -0.4 is 10.2 Å². The Bertz CT molecular complexity index is 1110.